The van der Waals surface area contributed by atoms with Gasteiger partial charge in [0.25, 0.3) is 0 Å². The Labute approximate surface area is 368 Å². The first-order chi connectivity index (χ1) is 31.3. The third-order valence-electron chi connectivity index (χ3n) is 13.1. The van der Waals surface area contributed by atoms with E-state index < -0.39 is 0 Å². The van der Waals surface area contributed by atoms with E-state index in [0.717, 1.165) is 29.9 Å². The molecule has 1 aliphatic rings. The molecule has 0 bridgehead atoms. The van der Waals surface area contributed by atoms with Crippen LogP contribution in [0.25, 0.3) is 93.7 Å². The lowest BCUT2D eigenvalue weighted by atomic mass is 9.78. The molecule has 0 aliphatic heterocycles. The van der Waals surface area contributed by atoms with Crippen molar-refractivity contribution in [3.8, 4) is 44.5 Å². The average Bonchev–Trinajstić information content (AvgIpc) is 3.37. The van der Waals surface area contributed by atoms with Crippen molar-refractivity contribution in [2.24, 2.45) is 0 Å². The van der Waals surface area contributed by atoms with Gasteiger partial charge in [-0.25, -0.2) is 0 Å². The Bertz CT molecular complexity index is 3530. The zero-order valence-corrected chi connectivity index (χ0v) is 34.9. The van der Waals surface area contributed by atoms with Crippen LogP contribution in [-0.2, 0) is 6.42 Å². The Morgan fingerprint density at radius 2 is 0.968 bits per heavy atom. The van der Waals surface area contributed by atoms with Gasteiger partial charge in [-0.3, -0.25) is 0 Å². The lowest BCUT2D eigenvalue weighted by molar-refractivity contribution is 1.00. The second kappa shape index (κ2) is 15.5. The summed E-state index contributed by atoms with van der Waals surface area (Å²) in [6.45, 7) is 0. The number of benzene rings is 11. The van der Waals surface area contributed by atoms with E-state index in [4.69, 9.17) is 0 Å². The van der Waals surface area contributed by atoms with Gasteiger partial charge in [0.15, 0.2) is 0 Å². The first-order valence-corrected chi connectivity index (χ1v) is 22.1. The molecule has 11 aromatic carbocycles. The molecule has 0 unspecified atom stereocenters. The van der Waals surface area contributed by atoms with Crippen LogP contribution in [0.3, 0.4) is 0 Å². The van der Waals surface area contributed by atoms with Gasteiger partial charge in [0.1, 0.15) is 0 Å². The number of aryl methyl sites for hydroxylation is 1. The monoisotopic (exact) mass is 801 g/mol. The van der Waals surface area contributed by atoms with Crippen LogP contribution in [0.5, 0.6) is 0 Å². The molecule has 0 N–H and O–H groups in total. The molecule has 1 nitrogen and oxygen atoms in total. The second-order valence-corrected chi connectivity index (χ2v) is 16.7. The molecular weight excluding hydrogens is 759 g/mol. The number of hydrogen-bond donors (Lipinski definition) is 0. The zero-order valence-electron chi connectivity index (χ0n) is 34.9. The van der Waals surface area contributed by atoms with E-state index in [1.807, 2.05) is 0 Å². The van der Waals surface area contributed by atoms with Crippen molar-refractivity contribution in [1.29, 1.82) is 0 Å². The molecule has 63 heavy (non-hydrogen) atoms. The van der Waals surface area contributed by atoms with E-state index in [-0.39, 0.29) is 0 Å². The van der Waals surface area contributed by atoms with Gasteiger partial charge in [-0.2, -0.15) is 0 Å². The minimum Gasteiger partial charge on any atom is -0.310 e. The number of fused-ring (bicyclic) bond motifs is 8. The van der Waals surface area contributed by atoms with Crippen molar-refractivity contribution in [1.82, 2.24) is 0 Å². The number of nitrogens with zero attached hydrogens (tertiary/aromatic N) is 1. The van der Waals surface area contributed by atoms with Crippen molar-refractivity contribution >= 4 is 66.2 Å². The van der Waals surface area contributed by atoms with Crippen LogP contribution in [0, 0.1) is 0 Å². The zero-order chi connectivity index (χ0) is 41.7. The minimum absolute atomic E-state index is 1.00. The van der Waals surface area contributed by atoms with Crippen molar-refractivity contribution in [2.45, 2.75) is 12.8 Å². The van der Waals surface area contributed by atoms with E-state index in [0.29, 0.717) is 0 Å². The van der Waals surface area contributed by atoms with Crippen LogP contribution in [-0.4, -0.2) is 0 Å². The summed E-state index contributed by atoms with van der Waals surface area (Å²) >= 11 is 0. The molecule has 0 saturated heterocycles. The van der Waals surface area contributed by atoms with E-state index in [1.165, 1.54) is 98.7 Å². The quantitative estimate of drug-likeness (QED) is 0.145. The van der Waals surface area contributed by atoms with Crippen LogP contribution in [0.15, 0.2) is 231 Å². The van der Waals surface area contributed by atoms with Gasteiger partial charge in [-0.05, 0) is 149 Å². The van der Waals surface area contributed by atoms with E-state index in [1.54, 1.807) is 0 Å². The van der Waals surface area contributed by atoms with Crippen LogP contribution in [0.4, 0.5) is 17.1 Å². The van der Waals surface area contributed by atoms with Crippen molar-refractivity contribution in [2.75, 3.05) is 4.90 Å². The molecule has 0 spiro atoms. The van der Waals surface area contributed by atoms with Gasteiger partial charge in [0, 0.05) is 16.8 Å². The van der Waals surface area contributed by atoms with Crippen LogP contribution < -0.4 is 4.90 Å². The van der Waals surface area contributed by atoms with Crippen LogP contribution >= 0.6 is 0 Å². The minimum atomic E-state index is 1.00. The number of rotatable bonds is 7. The second-order valence-electron chi connectivity index (χ2n) is 16.7. The van der Waals surface area contributed by atoms with E-state index in [9.17, 15) is 0 Å². The Morgan fingerprint density at radius 1 is 0.349 bits per heavy atom. The molecule has 0 radical (unpaired) electrons. The smallest absolute Gasteiger partial charge is 0.0540 e. The average molecular weight is 802 g/mol. The van der Waals surface area contributed by atoms with E-state index >= 15 is 0 Å². The van der Waals surface area contributed by atoms with Gasteiger partial charge in [-0.1, -0.05) is 194 Å². The molecule has 0 amide bonds. The Hall–Kier alpha value is -8.00. The molecule has 0 aromatic heterocycles. The Kier molecular flexibility index (Phi) is 9.04. The molecule has 11 aromatic rings. The summed E-state index contributed by atoms with van der Waals surface area (Å²) in [5.74, 6) is 0. The summed E-state index contributed by atoms with van der Waals surface area (Å²) < 4.78 is 0. The maximum absolute atomic E-state index is 2.48. The third kappa shape index (κ3) is 6.40. The maximum atomic E-state index is 2.48. The Morgan fingerprint density at radius 3 is 1.75 bits per heavy atom. The van der Waals surface area contributed by atoms with Crippen molar-refractivity contribution < 1.29 is 0 Å². The Balaban J connectivity index is 1.14. The van der Waals surface area contributed by atoms with Gasteiger partial charge in [-0.15, -0.1) is 0 Å². The molecule has 0 saturated carbocycles. The fraction of sp³-hybridized carbons (Fsp3) is 0.0323. The fourth-order valence-electron chi connectivity index (χ4n) is 10.1. The highest BCUT2D eigenvalue weighted by Crippen LogP contribution is 2.50. The van der Waals surface area contributed by atoms with Crippen molar-refractivity contribution in [3.63, 3.8) is 0 Å². The summed E-state index contributed by atoms with van der Waals surface area (Å²) in [6, 6.07) is 82.6. The summed E-state index contributed by atoms with van der Waals surface area (Å²) in [6.07, 6.45) is 6.81. The maximum Gasteiger partial charge on any atom is 0.0540 e. The predicted octanol–water partition coefficient (Wildman–Crippen LogP) is 17.4. The number of anilines is 3. The first kappa shape index (κ1) is 36.8. The molecule has 0 fully saturated rings. The number of hydrogen-bond acceptors (Lipinski definition) is 1. The molecular formula is C62H43N. The highest BCUT2D eigenvalue weighted by molar-refractivity contribution is 6.25. The van der Waals surface area contributed by atoms with Gasteiger partial charge >= 0.3 is 0 Å². The normalized spacial score (nSPS) is 12.3. The number of allylic oxidation sites excluding steroid dienone is 1. The summed E-state index contributed by atoms with van der Waals surface area (Å²) in [5, 5.41) is 10.1. The topological polar surface area (TPSA) is 3.24 Å². The van der Waals surface area contributed by atoms with Gasteiger partial charge in [0.05, 0.1) is 5.69 Å². The molecule has 1 heteroatoms. The highest BCUT2D eigenvalue weighted by atomic mass is 15.1. The predicted molar refractivity (Wildman–Crippen MR) is 270 cm³/mol. The molecule has 0 atom stereocenters. The van der Waals surface area contributed by atoms with E-state index in [2.05, 4.69) is 242 Å². The van der Waals surface area contributed by atoms with Gasteiger partial charge in [0.2, 0.25) is 0 Å². The third-order valence-corrected chi connectivity index (χ3v) is 13.1. The molecule has 1 aliphatic carbocycles. The molecule has 0 heterocycles. The summed E-state index contributed by atoms with van der Waals surface area (Å²) in [5.41, 5.74) is 16.0. The lowest BCUT2D eigenvalue weighted by Crippen LogP contribution is -2.10. The molecule has 12 rings (SSSR count). The summed E-state index contributed by atoms with van der Waals surface area (Å²) in [7, 11) is 0. The summed E-state index contributed by atoms with van der Waals surface area (Å²) in [4.78, 5) is 2.42. The van der Waals surface area contributed by atoms with Gasteiger partial charge < -0.3 is 4.90 Å². The SMILES string of the molecule is C1=Cc2c(c3cc(-c4ccccc4)ccc3c3c(-c4ccccc4)c(-c4ccccc4)cc(-c4ccc(N(c5ccc6ccccc6c5)c5cccc6ccccc56)cc4)c23)CC1. The fourth-order valence-corrected chi connectivity index (χ4v) is 10.1. The lowest BCUT2D eigenvalue weighted by Gasteiger charge is -2.28. The standard InChI is InChI=1S/C62H43N/c1-4-17-42(18-5-1)49-34-38-55-58(40-49)53-28-14-15-29-54(53)61-57(41-56(45-20-6-2-7-21-45)60(62(55)61)47-23-8-3-9-24-47)46-32-35-50(36-33-46)63(51-37-31-43-19-10-11-25-48(43)39-51)59-30-16-26-44-22-12-13-27-52(44)59/h1-13,15-27,29-41H,14,28H2. The largest absolute Gasteiger partial charge is 0.310 e. The molecule has 296 valence electrons. The first-order valence-electron chi connectivity index (χ1n) is 22.1. The van der Waals surface area contributed by atoms with Crippen molar-refractivity contribution in [3.05, 3.63) is 242 Å². The highest BCUT2D eigenvalue weighted by Gasteiger charge is 2.25. The van der Waals surface area contributed by atoms with Crippen LogP contribution in [0.1, 0.15) is 17.5 Å². The van der Waals surface area contributed by atoms with Crippen LogP contribution in [0.2, 0.25) is 0 Å².